The summed E-state index contributed by atoms with van der Waals surface area (Å²) in [6.45, 7) is 3.26. The van der Waals surface area contributed by atoms with E-state index in [-0.39, 0.29) is 11.3 Å². The van der Waals surface area contributed by atoms with Gasteiger partial charge in [0.05, 0.1) is 0 Å². The predicted octanol–water partition coefficient (Wildman–Crippen LogP) is 1.89. The van der Waals surface area contributed by atoms with E-state index >= 15 is 0 Å². The van der Waals surface area contributed by atoms with Crippen molar-refractivity contribution < 1.29 is 20.1 Å². The smallest absolute Gasteiger partial charge is 0.337 e. The monoisotopic (exact) mass is 274 g/mol. The second-order valence-electron chi connectivity index (χ2n) is 3.30. The summed E-state index contributed by atoms with van der Waals surface area (Å²) in [5.74, 6) is -1.34. The molecule has 82 valence electrons. The van der Waals surface area contributed by atoms with Gasteiger partial charge in [-0.15, -0.1) is 0 Å². The molecule has 1 atom stereocenters. The molecule has 1 rings (SSSR count). The Morgan fingerprint density at radius 2 is 2.00 bits per heavy atom. The van der Waals surface area contributed by atoms with Crippen molar-refractivity contribution in [2.45, 2.75) is 20.0 Å². The van der Waals surface area contributed by atoms with E-state index in [9.17, 15) is 15.0 Å². The highest BCUT2D eigenvalue weighted by atomic mass is 79.9. The van der Waals surface area contributed by atoms with Gasteiger partial charge in [-0.1, -0.05) is 15.9 Å². The molecule has 4 nitrogen and oxygen atoms in total. The summed E-state index contributed by atoms with van der Waals surface area (Å²) < 4.78 is 0.477. The molecule has 0 fully saturated rings. The van der Waals surface area contributed by atoms with Crippen molar-refractivity contribution in [3.63, 3.8) is 0 Å². The molecule has 0 heterocycles. The lowest BCUT2D eigenvalue weighted by Gasteiger charge is -2.14. The van der Waals surface area contributed by atoms with Crippen LogP contribution in [0.3, 0.4) is 0 Å². The SMILES string of the molecule is Cc1cc(Br)c(C(O)C(=O)O)c(C)c1O. The van der Waals surface area contributed by atoms with Crippen molar-refractivity contribution in [2.24, 2.45) is 0 Å². The number of carboxylic acid groups (broad SMARTS) is 1. The second-order valence-corrected chi connectivity index (χ2v) is 4.16. The second kappa shape index (κ2) is 4.20. The fraction of sp³-hybridized carbons (Fsp3) is 0.300. The van der Waals surface area contributed by atoms with Crippen LogP contribution in [-0.4, -0.2) is 21.3 Å². The standard InChI is InChI=1S/C10H11BrO4/c1-4-3-6(11)7(5(2)8(4)12)9(13)10(14)15/h3,9,12-13H,1-2H3,(H,14,15). The van der Waals surface area contributed by atoms with Crippen molar-refractivity contribution in [2.75, 3.05) is 0 Å². The van der Waals surface area contributed by atoms with Gasteiger partial charge in [0, 0.05) is 10.0 Å². The Labute approximate surface area is 95.3 Å². The number of carboxylic acids is 1. The molecule has 0 saturated heterocycles. The molecule has 0 aliphatic rings. The molecule has 1 aromatic carbocycles. The molecule has 1 unspecified atom stereocenters. The molecule has 0 amide bonds. The van der Waals surface area contributed by atoms with Gasteiger partial charge in [-0.2, -0.15) is 0 Å². The maximum absolute atomic E-state index is 10.6. The zero-order valence-electron chi connectivity index (χ0n) is 8.28. The highest BCUT2D eigenvalue weighted by molar-refractivity contribution is 9.10. The number of phenolic OH excluding ortho intramolecular Hbond substituents is 1. The summed E-state index contributed by atoms with van der Waals surface area (Å²) >= 11 is 3.17. The van der Waals surface area contributed by atoms with Crippen LogP contribution < -0.4 is 0 Å². The van der Waals surface area contributed by atoms with E-state index in [1.807, 2.05) is 0 Å². The summed E-state index contributed by atoms with van der Waals surface area (Å²) in [6, 6.07) is 1.57. The third-order valence-electron chi connectivity index (χ3n) is 2.24. The lowest BCUT2D eigenvalue weighted by molar-refractivity contribution is -0.147. The van der Waals surface area contributed by atoms with Crippen LogP contribution in [0, 0.1) is 13.8 Å². The van der Waals surface area contributed by atoms with Crippen molar-refractivity contribution in [1.82, 2.24) is 0 Å². The zero-order valence-corrected chi connectivity index (χ0v) is 9.87. The first-order chi connectivity index (χ1) is 6.86. The van der Waals surface area contributed by atoms with E-state index in [4.69, 9.17) is 5.11 Å². The van der Waals surface area contributed by atoms with Crippen molar-refractivity contribution >= 4 is 21.9 Å². The van der Waals surface area contributed by atoms with Gasteiger partial charge in [-0.25, -0.2) is 4.79 Å². The number of aliphatic hydroxyl groups excluding tert-OH is 1. The molecule has 5 heteroatoms. The average molecular weight is 275 g/mol. The number of hydrogen-bond donors (Lipinski definition) is 3. The van der Waals surface area contributed by atoms with Gasteiger partial charge in [-0.3, -0.25) is 0 Å². The van der Waals surface area contributed by atoms with Crippen LogP contribution in [0.1, 0.15) is 22.8 Å². The molecular weight excluding hydrogens is 264 g/mol. The lowest BCUT2D eigenvalue weighted by atomic mass is 10.00. The van der Waals surface area contributed by atoms with Gasteiger partial charge in [0.25, 0.3) is 0 Å². The number of carbonyl (C=O) groups is 1. The van der Waals surface area contributed by atoms with E-state index < -0.39 is 12.1 Å². The minimum Gasteiger partial charge on any atom is -0.507 e. The summed E-state index contributed by atoms with van der Waals surface area (Å²) in [5, 5.41) is 27.7. The number of aromatic hydroxyl groups is 1. The number of aliphatic carboxylic acids is 1. The Morgan fingerprint density at radius 1 is 1.47 bits per heavy atom. The Morgan fingerprint density at radius 3 is 2.47 bits per heavy atom. The normalized spacial score (nSPS) is 12.5. The predicted molar refractivity (Wildman–Crippen MR) is 57.9 cm³/mol. The largest absolute Gasteiger partial charge is 0.507 e. The van der Waals surface area contributed by atoms with Crippen LogP contribution in [0.25, 0.3) is 0 Å². The van der Waals surface area contributed by atoms with Crippen molar-refractivity contribution in [3.05, 3.63) is 27.2 Å². The van der Waals surface area contributed by atoms with Gasteiger partial charge < -0.3 is 15.3 Å². The number of aryl methyl sites for hydroxylation is 1. The average Bonchev–Trinajstić information content (AvgIpc) is 2.14. The summed E-state index contributed by atoms with van der Waals surface area (Å²) in [4.78, 5) is 10.6. The molecule has 1 aromatic rings. The van der Waals surface area contributed by atoms with Gasteiger partial charge in [-0.05, 0) is 31.0 Å². The number of hydrogen-bond acceptors (Lipinski definition) is 3. The van der Waals surface area contributed by atoms with E-state index in [0.29, 0.717) is 15.6 Å². The molecule has 15 heavy (non-hydrogen) atoms. The van der Waals surface area contributed by atoms with E-state index in [0.717, 1.165) is 0 Å². The van der Waals surface area contributed by atoms with Gasteiger partial charge in [0.2, 0.25) is 0 Å². The third-order valence-corrected chi connectivity index (χ3v) is 2.90. The first kappa shape index (κ1) is 12.0. The highest BCUT2D eigenvalue weighted by Gasteiger charge is 2.23. The lowest BCUT2D eigenvalue weighted by Crippen LogP contribution is -2.13. The summed E-state index contributed by atoms with van der Waals surface area (Å²) in [6.07, 6.45) is -1.63. The number of phenols is 1. The van der Waals surface area contributed by atoms with Gasteiger partial charge >= 0.3 is 5.97 Å². The quantitative estimate of drug-likeness (QED) is 0.770. The molecule has 0 aromatic heterocycles. The molecular formula is C10H11BrO4. The Bertz CT molecular complexity index is 414. The number of aliphatic hydroxyl groups is 1. The Kier molecular flexibility index (Phi) is 3.36. The van der Waals surface area contributed by atoms with E-state index in [1.165, 1.54) is 0 Å². The van der Waals surface area contributed by atoms with Crippen LogP contribution in [0.4, 0.5) is 0 Å². The van der Waals surface area contributed by atoms with Gasteiger partial charge in [0.15, 0.2) is 6.10 Å². The molecule has 0 saturated carbocycles. The molecule has 0 aliphatic heterocycles. The highest BCUT2D eigenvalue weighted by Crippen LogP contribution is 2.35. The van der Waals surface area contributed by atoms with Crippen molar-refractivity contribution in [3.8, 4) is 5.75 Å². The fourth-order valence-corrected chi connectivity index (χ4v) is 2.26. The number of halogens is 1. The zero-order chi connectivity index (χ0) is 11.7. The molecule has 0 radical (unpaired) electrons. The Balaban J connectivity index is 3.42. The topological polar surface area (TPSA) is 77.8 Å². The number of benzene rings is 1. The fourth-order valence-electron chi connectivity index (χ4n) is 1.40. The minimum atomic E-state index is -1.63. The van der Waals surface area contributed by atoms with E-state index in [2.05, 4.69) is 15.9 Å². The van der Waals surface area contributed by atoms with Crippen LogP contribution in [0.5, 0.6) is 5.75 Å². The van der Waals surface area contributed by atoms with Crippen LogP contribution in [0.2, 0.25) is 0 Å². The maximum atomic E-state index is 10.6. The maximum Gasteiger partial charge on any atom is 0.337 e. The van der Waals surface area contributed by atoms with Crippen LogP contribution in [-0.2, 0) is 4.79 Å². The Hall–Kier alpha value is -1.07. The molecule has 3 N–H and O–H groups in total. The summed E-state index contributed by atoms with van der Waals surface area (Å²) in [5.41, 5.74) is 1.18. The van der Waals surface area contributed by atoms with Crippen LogP contribution in [0.15, 0.2) is 10.5 Å². The summed E-state index contributed by atoms with van der Waals surface area (Å²) in [7, 11) is 0. The number of rotatable bonds is 2. The molecule has 0 bridgehead atoms. The van der Waals surface area contributed by atoms with Crippen molar-refractivity contribution in [1.29, 1.82) is 0 Å². The first-order valence-corrected chi connectivity index (χ1v) is 5.05. The molecule has 0 aliphatic carbocycles. The first-order valence-electron chi connectivity index (χ1n) is 4.25. The minimum absolute atomic E-state index is 0.00787. The third kappa shape index (κ3) is 2.13. The molecule has 0 spiro atoms. The van der Waals surface area contributed by atoms with Gasteiger partial charge in [0.1, 0.15) is 5.75 Å². The van der Waals surface area contributed by atoms with Crippen LogP contribution >= 0.6 is 15.9 Å². The van der Waals surface area contributed by atoms with E-state index in [1.54, 1.807) is 19.9 Å².